The standard InChI is InChI=1S/C14H15NO4/c1-19-14(18)7-8-15-12(5-6-13(15)17)10-3-2-4-11(16)9-10/h2-6,9,12,16H,7-8H2,1H3. The van der Waals surface area contributed by atoms with Crippen molar-refractivity contribution in [2.75, 3.05) is 13.7 Å². The fraction of sp³-hybridized carbons (Fsp3) is 0.286. The molecule has 19 heavy (non-hydrogen) atoms. The first-order valence-corrected chi connectivity index (χ1v) is 5.96. The molecular weight excluding hydrogens is 246 g/mol. The number of carbonyl (C=O) groups excluding carboxylic acids is 2. The normalized spacial score (nSPS) is 17.8. The van der Waals surface area contributed by atoms with E-state index in [-0.39, 0.29) is 30.1 Å². The summed E-state index contributed by atoms with van der Waals surface area (Å²) in [5.41, 5.74) is 0.812. The Labute approximate surface area is 111 Å². The van der Waals surface area contributed by atoms with Gasteiger partial charge in [-0.25, -0.2) is 0 Å². The predicted molar refractivity (Wildman–Crippen MR) is 68.3 cm³/mol. The molecule has 1 aliphatic heterocycles. The van der Waals surface area contributed by atoms with E-state index in [2.05, 4.69) is 4.74 Å². The Morgan fingerprint density at radius 3 is 2.95 bits per heavy atom. The van der Waals surface area contributed by atoms with Crippen LogP contribution in [0, 0.1) is 0 Å². The van der Waals surface area contributed by atoms with Gasteiger partial charge in [-0.3, -0.25) is 9.59 Å². The summed E-state index contributed by atoms with van der Waals surface area (Å²) in [6.45, 7) is 0.291. The van der Waals surface area contributed by atoms with E-state index >= 15 is 0 Å². The molecule has 0 fully saturated rings. The maximum atomic E-state index is 11.8. The lowest BCUT2D eigenvalue weighted by Gasteiger charge is -2.24. The monoisotopic (exact) mass is 261 g/mol. The van der Waals surface area contributed by atoms with Crippen molar-refractivity contribution in [2.45, 2.75) is 12.5 Å². The van der Waals surface area contributed by atoms with Gasteiger partial charge < -0.3 is 14.7 Å². The molecular formula is C14H15NO4. The molecule has 1 heterocycles. The molecule has 100 valence electrons. The second-order valence-electron chi connectivity index (χ2n) is 4.26. The Kier molecular flexibility index (Phi) is 3.85. The number of methoxy groups -OCH3 is 1. The van der Waals surface area contributed by atoms with Crippen molar-refractivity contribution >= 4 is 11.9 Å². The van der Waals surface area contributed by atoms with Crippen LogP contribution in [0.1, 0.15) is 18.0 Å². The molecule has 1 amide bonds. The third-order valence-electron chi connectivity index (χ3n) is 3.04. The number of esters is 1. The van der Waals surface area contributed by atoms with Gasteiger partial charge in [-0.15, -0.1) is 0 Å². The Balaban J connectivity index is 2.13. The zero-order chi connectivity index (χ0) is 13.8. The highest BCUT2D eigenvalue weighted by Crippen LogP contribution is 2.29. The summed E-state index contributed by atoms with van der Waals surface area (Å²) >= 11 is 0. The third kappa shape index (κ3) is 2.93. The van der Waals surface area contributed by atoms with Crippen LogP contribution in [0.5, 0.6) is 5.75 Å². The number of aromatic hydroxyl groups is 1. The van der Waals surface area contributed by atoms with Crippen LogP contribution < -0.4 is 0 Å². The number of rotatable bonds is 4. The first-order chi connectivity index (χ1) is 9.11. The zero-order valence-electron chi connectivity index (χ0n) is 10.6. The van der Waals surface area contributed by atoms with Gasteiger partial charge in [0.1, 0.15) is 5.75 Å². The molecule has 0 aromatic heterocycles. The lowest BCUT2D eigenvalue weighted by atomic mass is 10.1. The van der Waals surface area contributed by atoms with Gasteiger partial charge in [0.15, 0.2) is 0 Å². The van der Waals surface area contributed by atoms with Crippen LogP contribution in [0.25, 0.3) is 0 Å². The Morgan fingerprint density at radius 2 is 2.26 bits per heavy atom. The highest BCUT2D eigenvalue weighted by molar-refractivity contribution is 5.91. The van der Waals surface area contributed by atoms with E-state index in [9.17, 15) is 14.7 Å². The van der Waals surface area contributed by atoms with Gasteiger partial charge in [-0.1, -0.05) is 18.2 Å². The summed E-state index contributed by atoms with van der Waals surface area (Å²) in [7, 11) is 1.32. The summed E-state index contributed by atoms with van der Waals surface area (Å²) in [4.78, 5) is 24.5. The Morgan fingerprint density at radius 1 is 1.47 bits per heavy atom. The fourth-order valence-corrected chi connectivity index (χ4v) is 2.07. The average molecular weight is 261 g/mol. The number of amides is 1. The molecule has 5 heteroatoms. The van der Waals surface area contributed by atoms with Gasteiger partial charge in [-0.05, 0) is 17.7 Å². The van der Waals surface area contributed by atoms with Crippen LogP contribution in [0.2, 0.25) is 0 Å². The van der Waals surface area contributed by atoms with Gasteiger partial charge in [-0.2, -0.15) is 0 Å². The largest absolute Gasteiger partial charge is 0.508 e. The van der Waals surface area contributed by atoms with Gasteiger partial charge >= 0.3 is 5.97 Å². The second kappa shape index (κ2) is 5.56. The molecule has 0 bridgehead atoms. The summed E-state index contributed by atoms with van der Waals surface area (Å²) in [6.07, 6.45) is 3.39. The summed E-state index contributed by atoms with van der Waals surface area (Å²) in [5.74, 6) is -0.343. The molecule has 1 aliphatic rings. The molecule has 1 N–H and O–H groups in total. The maximum Gasteiger partial charge on any atom is 0.307 e. The molecule has 1 aromatic carbocycles. The molecule has 1 atom stereocenters. The van der Waals surface area contributed by atoms with Crippen molar-refractivity contribution in [1.29, 1.82) is 0 Å². The number of benzene rings is 1. The Hall–Kier alpha value is -2.30. The topological polar surface area (TPSA) is 66.8 Å². The summed E-state index contributed by atoms with van der Waals surface area (Å²) < 4.78 is 4.57. The average Bonchev–Trinajstić information content (AvgIpc) is 2.77. The van der Waals surface area contributed by atoms with Crippen molar-refractivity contribution in [3.8, 4) is 5.75 Å². The van der Waals surface area contributed by atoms with E-state index in [1.165, 1.54) is 13.2 Å². The SMILES string of the molecule is COC(=O)CCN1C(=O)C=CC1c1cccc(O)c1. The van der Waals surface area contributed by atoms with Crippen LogP contribution in [-0.4, -0.2) is 35.5 Å². The molecule has 0 radical (unpaired) electrons. The van der Waals surface area contributed by atoms with E-state index in [0.29, 0.717) is 6.54 Å². The number of ether oxygens (including phenoxy) is 1. The number of phenolic OH excluding ortho intramolecular Hbond substituents is 1. The van der Waals surface area contributed by atoms with E-state index in [0.717, 1.165) is 5.56 Å². The van der Waals surface area contributed by atoms with Crippen LogP contribution in [0.15, 0.2) is 36.4 Å². The van der Waals surface area contributed by atoms with Crippen molar-refractivity contribution in [3.05, 3.63) is 42.0 Å². The summed E-state index contributed by atoms with van der Waals surface area (Å²) in [6, 6.07) is 6.49. The number of nitrogens with zero attached hydrogens (tertiary/aromatic N) is 1. The molecule has 1 unspecified atom stereocenters. The smallest absolute Gasteiger partial charge is 0.307 e. The van der Waals surface area contributed by atoms with Gasteiger partial charge in [0, 0.05) is 12.6 Å². The molecule has 0 aliphatic carbocycles. The van der Waals surface area contributed by atoms with Crippen LogP contribution >= 0.6 is 0 Å². The minimum atomic E-state index is -0.352. The van der Waals surface area contributed by atoms with Crippen molar-refractivity contribution in [2.24, 2.45) is 0 Å². The molecule has 5 nitrogen and oxygen atoms in total. The van der Waals surface area contributed by atoms with Crippen molar-refractivity contribution in [3.63, 3.8) is 0 Å². The number of hydrogen-bond acceptors (Lipinski definition) is 4. The van der Waals surface area contributed by atoms with Crippen LogP contribution in [0.3, 0.4) is 0 Å². The minimum absolute atomic E-state index is 0.141. The third-order valence-corrected chi connectivity index (χ3v) is 3.04. The molecule has 2 rings (SSSR count). The minimum Gasteiger partial charge on any atom is -0.508 e. The molecule has 0 spiro atoms. The van der Waals surface area contributed by atoms with E-state index in [4.69, 9.17) is 0 Å². The highest BCUT2D eigenvalue weighted by Gasteiger charge is 2.27. The van der Waals surface area contributed by atoms with Gasteiger partial charge in [0.05, 0.1) is 19.6 Å². The lowest BCUT2D eigenvalue weighted by Crippen LogP contribution is -2.31. The highest BCUT2D eigenvalue weighted by atomic mass is 16.5. The first kappa shape index (κ1) is 13.1. The van der Waals surface area contributed by atoms with Crippen LogP contribution in [-0.2, 0) is 14.3 Å². The first-order valence-electron chi connectivity index (χ1n) is 5.96. The number of carbonyl (C=O) groups is 2. The maximum absolute atomic E-state index is 11.8. The van der Waals surface area contributed by atoms with Crippen molar-refractivity contribution < 1.29 is 19.4 Å². The molecule has 1 aromatic rings. The van der Waals surface area contributed by atoms with E-state index in [1.54, 1.807) is 29.2 Å². The van der Waals surface area contributed by atoms with Crippen LogP contribution in [0.4, 0.5) is 0 Å². The second-order valence-corrected chi connectivity index (χ2v) is 4.26. The van der Waals surface area contributed by atoms with Gasteiger partial charge in [0.25, 0.3) is 0 Å². The number of phenols is 1. The lowest BCUT2D eigenvalue weighted by molar-refractivity contribution is -0.141. The Bertz CT molecular complexity index is 524. The van der Waals surface area contributed by atoms with E-state index < -0.39 is 0 Å². The predicted octanol–water partition coefficient (Wildman–Crippen LogP) is 1.39. The quantitative estimate of drug-likeness (QED) is 0.832. The summed E-state index contributed by atoms with van der Waals surface area (Å²) in [5, 5.41) is 9.48. The zero-order valence-corrected chi connectivity index (χ0v) is 10.6. The molecule has 0 saturated heterocycles. The molecule has 0 saturated carbocycles. The van der Waals surface area contributed by atoms with E-state index in [1.807, 2.05) is 6.07 Å². The van der Waals surface area contributed by atoms with Gasteiger partial charge in [0.2, 0.25) is 5.91 Å². The van der Waals surface area contributed by atoms with Crippen molar-refractivity contribution in [1.82, 2.24) is 4.90 Å². The number of hydrogen-bond donors (Lipinski definition) is 1. The fourth-order valence-electron chi connectivity index (χ4n) is 2.07.